The van der Waals surface area contributed by atoms with Gasteiger partial charge in [0.25, 0.3) is 0 Å². The first-order valence-corrected chi connectivity index (χ1v) is 14.2. The standard InChI is InChI=1S/C29H36F2N6O3/c1-18(19-7-10-36(11-8-19)29-34-28(35-40-29)20-9-12-38-17-20)39-22-3-2-4-27(33-14-22)37-15-24(26(32)16-37)23-13-21(30)5-6-25(23)31/h3-6,13-14,18-20,24,26H,2,7-12,15-17,32H2,1H3. The minimum Gasteiger partial charge on any atom is -0.489 e. The fourth-order valence-corrected chi connectivity index (χ4v) is 6.08. The summed E-state index contributed by atoms with van der Waals surface area (Å²) in [5.41, 5.74) is 6.67. The topological polar surface area (TPSA) is 102 Å². The zero-order valence-electron chi connectivity index (χ0n) is 22.7. The molecule has 0 saturated carbocycles. The van der Waals surface area contributed by atoms with E-state index in [0.717, 1.165) is 68.5 Å². The fraction of sp³-hybridized carbons (Fsp3) is 0.552. The van der Waals surface area contributed by atoms with Gasteiger partial charge in [0.05, 0.1) is 18.9 Å². The van der Waals surface area contributed by atoms with Crippen LogP contribution in [0.5, 0.6) is 0 Å². The van der Waals surface area contributed by atoms with Crippen molar-refractivity contribution in [3.05, 3.63) is 65.0 Å². The van der Waals surface area contributed by atoms with Crippen LogP contribution in [0.2, 0.25) is 0 Å². The number of aromatic nitrogens is 2. The Labute approximate surface area is 232 Å². The number of rotatable bonds is 7. The third-order valence-corrected chi connectivity index (χ3v) is 8.51. The molecule has 3 saturated heterocycles. The van der Waals surface area contributed by atoms with Crippen molar-refractivity contribution in [3.8, 4) is 0 Å². The summed E-state index contributed by atoms with van der Waals surface area (Å²) in [7, 11) is 0. The second-order valence-corrected chi connectivity index (χ2v) is 11.1. The van der Waals surface area contributed by atoms with Crippen LogP contribution in [0.3, 0.4) is 0 Å². The van der Waals surface area contributed by atoms with Gasteiger partial charge >= 0.3 is 6.01 Å². The summed E-state index contributed by atoms with van der Waals surface area (Å²) in [6, 6.07) is 3.81. The molecule has 0 radical (unpaired) electrons. The maximum atomic E-state index is 14.4. The number of likely N-dealkylation sites (tertiary alicyclic amines) is 1. The van der Waals surface area contributed by atoms with Crippen LogP contribution in [-0.2, 0) is 9.47 Å². The monoisotopic (exact) mass is 554 g/mol. The zero-order chi connectivity index (χ0) is 27.6. The number of allylic oxidation sites excluding steroid dienone is 3. The third kappa shape index (κ3) is 5.76. The van der Waals surface area contributed by atoms with E-state index in [2.05, 4.69) is 27.0 Å². The van der Waals surface area contributed by atoms with E-state index in [9.17, 15) is 8.78 Å². The van der Waals surface area contributed by atoms with E-state index < -0.39 is 11.6 Å². The van der Waals surface area contributed by atoms with Gasteiger partial charge in [-0.25, -0.2) is 13.8 Å². The van der Waals surface area contributed by atoms with Crippen molar-refractivity contribution in [2.45, 2.75) is 56.6 Å². The number of nitrogens with zero attached hydrogens (tertiary/aromatic N) is 5. The SMILES string of the molecule is CC(OC1=CCC=C(N2CC(N)C(c3cc(F)ccc3F)C2)N=C1)C1CCN(c2nc(C3CCOC3)no2)CC1. The number of benzene rings is 1. The lowest BCUT2D eigenvalue weighted by Gasteiger charge is -2.33. The van der Waals surface area contributed by atoms with Gasteiger partial charge in [0.15, 0.2) is 5.82 Å². The predicted octanol–water partition coefficient (Wildman–Crippen LogP) is 4.10. The van der Waals surface area contributed by atoms with Gasteiger partial charge in [0, 0.05) is 50.7 Å². The highest BCUT2D eigenvalue weighted by Gasteiger charge is 2.34. The van der Waals surface area contributed by atoms with Crippen LogP contribution in [-0.4, -0.2) is 72.8 Å². The van der Waals surface area contributed by atoms with Crippen LogP contribution in [0.25, 0.3) is 0 Å². The summed E-state index contributed by atoms with van der Waals surface area (Å²) < 4.78 is 45.5. The van der Waals surface area contributed by atoms with E-state index in [1.54, 1.807) is 6.21 Å². The molecule has 214 valence electrons. The molecular formula is C29H36F2N6O3. The molecule has 0 aliphatic carbocycles. The molecule has 1 aromatic heterocycles. The van der Waals surface area contributed by atoms with Crippen molar-refractivity contribution in [1.82, 2.24) is 15.0 Å². The van der Waals surface area contributed by atoms with E-state index in [4.69, 9.17) is 19.7 Å². The first-order chi connectivity index (χ1) is 19.4. The first kappa shape index (κ1) is 26.9. The molecule has 2 N–H and O–H groups in total. The van der Waals surface area contributed by atoms with Gasteiger partial charge in [-0.2, -0.15) is 4.98 Å². The molecule has 40 heavy (non-hydrogen) atoms. The van der Waals surface area contributed by atoms with Crippen molar-refractivity contribution in [1.29, 1.82) is 0 Å². The Hall–Kier alpha value is -3.31. The van der Waals surface area contributed by atoms with Crippen LogP contribution < -0.4 is 10.6 Å². The molecule has 3 fully saturated rings. The maximum Gasteiger partial charge on any atom is 0.324 e. The molecule has 11 heteroatoms. The van der Waals surface area contributed by atoms with Gasteiger partial charge in [0.1, 0.15) is 23.2 Å². The van der Waals surface area contributed by atoms with Crippen LogP contribution >= 0.6 is 0 Å². The summed E-state index contributed by atoms with van der Waals surface area (Å²) in [4.78, 5) is 13.5. The molecule has 6 rings (SSSR count). The largest absolute Gasteiger partial charge is 0.489 e. The Bertz CT molecular complexity index is 1280. The zero-order valence-corrected chi connectivity index (χ0v) is 22.7. The molecule has 9 nitrogen and oxygen atoms in total. The quantitative estimate of drug-likeness (QED) is 0.546. The average Bonchev–Trinajstić information content (AvgIpc) is 3.70. The minimum atomic E-state index is -0.460. The molecular weight excluding hydrogens is 518 g/mol. The van der Waals surface area contributed by atoms with Gasteiger partial charge in [-0.3, -0.25) is 0 Å². The van der Waals surface area contributed by atoms with Crippen molar-refractivity contribution >= 4 is 12.2 Å². The van der Waals surface area contributed by atoms with E-state index in [-0.39, 0.29) is 24.0 Å². The van der Waals surface area contributed by atoms with Crippen molar-refractivity contribution in [2.24, 2.45) is 16.6 Å². The number of hydrogen-bond acceptors (Lipinski definition) is 9. The van der Waals surface area contributed by atoms with Crippen molar-refractivity contribution in [2.75, 3.05) is 44.3 Å². The van der Waals surface area contributed by atoms with Gasteiger partial charge in [-0.1, -0.05) is 5.16 Å². The van der Waals surface area contributed by atoms with Crippen molar-refractivity contribution in [3.63, 3.8) is 0 Å². The van der Waals surface area contributed by atoms with E-state index >= 15 is 0 Å². The summed E-state index contributed by atoms with van der Waals surface area (Å²) in [6.07, 6.45) is 9.33. The highest BCUT2D eigenvalue weighted by Crippen LogP contribution is 2.33. The van der Waals surface area contributed by atoms with E-state index in [1.165, 1.54) is 6.07 Å². The molecule has 5 heterocycles. The molecule has 4 atom stereocenters. The molecule has 1 aromatic carbocycles. The Morgan fingerprint density at radius 3 is 2.75 bits per heavy atom. The molecule has 4 unspecified atom stereocenters. The molecule has 2 aromatic rings. The second-order valence-electron chi connectivity index (χ2n) is 11.1. The molecule has 4 aliphatic rings. The first-order valence-electron chi connectivity index (χ1n) is 14.2. The van der Waals surface area contributed by atoms with Gasteiger partial charge in [-0.05, 0) is 74.4 Å². The number of aliphatic imine (C=N–C) groups is 1. The number of anilines is 1. The average molecular weight is 555 g/mol. The number of ether oxygens (including phenoxy) is 2. The lowest BCUT2D eigenvalue weighted by atomic mass is 9.92. The summed E-state index contributed by atoms with van der Waals surface area (Å²) >= 11 is 0. The Balaban J connectivity index is 1.00. The summed E-state index contributed by atoms with van der Waals surface area (Å²) in [6.45, 7) is 6.19. The molecule has 4 aliphatic heterocycles. The van der Waals surface area contributed by atoms with Gasteiger partial charge in [-0.15, -0.1) is 0 Å². The summed E-state index contributed by atoms with van der Waals surface area (Å²) in [5, 5.41) is 4.18. The molecule has 0 bridgehead atoms. The highest BCUT2D eigenvalue weighted by molar-refractivity contribution is 5.77. The minimum absolute atomic E-state index is 0.0239. The molecule has 0 amide bonds. The normalized spacial score (nSPS) is 26.6. The number of hydrogen-bond donors (Lipinski definition) is 1. The second kappa shape index (κ2) is 11.7. The smallest absolute Gasteiger partial charge is 0.324 e. The van der Waals surface area contributed by atoms with Crippen LogP contribution in [0, 0.1) is 17.6 Å². The van der Waals surface area contributed by atoms with E-state index in [1.807, 2.05) is 17.1 Å². The van der Waals surface area contributed by atoms with Gasteiger partial charge < -0.3 is 29.5 Å². The number of piperidine rings is 1. The number of halogens is 2. The summed E-state index contributed by atoms with van der Waals surface area (Å²) in [5.74, 6) is 1.68. The van der Waals surface area contributed by atoms with Crippen LogP contribution in [0.1, 0.15) is 55.8 Å². The fourth-order valence-electron chi connectivity index (χ4n) is 6.08. The lowest BCUT2D eigenvalue weighted by molar-refractivity contribution is 0.0778. The highest BCUT2D eigenvalue weighted by atomic mass is 19.1. The lowest BCUT2D eigenvalue weighted by Crippen LogP contribution is -2.38. The van der Waals surface area contributed by atoms with Gasteiger partial charge in [0.2, 0.25) is 0 Å². The Kier molecular flexibility index (Phi) is 7.84. The predicted molar refractivity (Wildman–Crippen MR) is 146 cm³/mol. The maximum absolute atomic E-state index is 14.4. The van der Waals surface area contributed by atoms with Crippen molar-refractivity contribution < 1.29 is 22.8 Å². The Morgan fingerprint density at radius 1 is 1.10 bits per heavy atom. The number of nitrogens with two attached hydrogens (primary N) is 1. The van der Waals surface area contributed by atoms with Crippen LogP contribution in [0.4, 0.5) is 14.8 Å². The van der Waals surface area contributed by atoms with Crippen LogP contribution in [0.15, 0.2) is 51.4 Å². The van der Waals surface area contributed by atoms with E-state index in [0.29, 0.717) is 43.6 Å². The Morgan fingerprint density at radius 2 is 1.95 bits per heavy atom. The third-order valence-electron chi connectivity index (χ3n) is 8.51. The molecule has 0 spiro atoms.